The van der Waals surface area contributed by atoms with Crippen molar-refractivity contribution < 1.29 is 19.8 Å². The standard InChI is InChI=1S/C21H28O4/c1-11(22)14-6-7-15-13-5-4-12-10-17(23)18(24)19(25)21(12,3)16(13)8-9-20(14,15)2/h10,13-16,24-25H,4-9H2,1-3H3/t13-,14+,15-,16-,20+,21-/m0/s1. The summed E-state index contributed by atoms with van der Waals surface area (Å²) in [6, 6.07) is 0. The van der Waals surface area contributed by atoms with E-state index < -0.39 is 17.0 Å². The summed E-state index contributed by atoms with van der Waals surface area (Å²) in [5.74, 6) is 0.554. The molecule has 0 aromatic carbocycles. The Morgan fingerprint density at radius 2 is 1.84 bits per heavy atom. The lowest BCUT2D eigenvalue weighted by Gasteiger charge is -2.57. The van der Waals surface area contributed by atoms with Crippen molar-refractivity contribution in [1.29, 1.82) is 0 Å². The van der Waals surface area contributed by atoms with Crippen LogP contribution in [0, 0.1) is 34.5 Å². The van der Waals surface area contributed by atoms with Gasteiger partial charge in [-0.3, -0.25) is 9.59 Å². The molecule has 4 heteroatoms. The van der Waals surface area contributed by atoms with Crippen molar-refractivity contribution in [1.82, 2.24) is 0 Å². The molecule has 4 rings (SSSR count). The summed E-state index contributed by atoms with van der Waals surface area (Å²) in [5.41, 5.74) is 0.409. The lowest BCUT2D eigenvalue weighted by molar-refractivity contribution is -0.128. The Kier molecular flexibility index (Phi) is 3.52. The maximum absolute atomic E-state index is 12.2. The van der Waals surface area contributed by atoms with E-state index in [2.05, 4.69) is 6.92 Å². The Morgan fingerprint density at radius 1 is 1.12 bits per heavy atom. The second-order valence-electron chi connectivity index (χ2n) is 9.13. The number of aliphatic hydroxyl groups is 2. The zero-order valence-corrected chi connectivity index (χ0v) is 15.3. The molecule has 3 saturated carbocycles. The number of carbonyl (C=O) groups is 2. The van der Waals surface area contributed by atoms with Crippen molar-refractivity contribution in [2.45, 2.75) is 59.3 Å². The fourth-order valence-electron chi connectivity index (χ4n) is 7.03. The molecule has 2 N–H and O–H groups in total. The Balaban J connectivity index is 1.74. The van der Waals surface area contributed by atoms with E-state index >= 15 is 0 Å². The first-order valence-electron chi connectivity index (χ1n) is 9.59. The maximum atomic E-state index is 12.2. The van der Waals surface area contributed by atoms with Gasteiger partial charge in [0.25, 0.3) is 0 Å². The second-order valence-corrected chi connectivity index (χ2v) is 9.13. The van der Waals surface area contributed by atoms with E-state index in [1.54, 1.807) is 13.0 Å². The van der Waals surface area contributed by atoms with Gasteiger partial charge >= 0.3 is 0 Å². The quantitative estimate of drug-likeness (QED) is 0.745. The van der Waals surface area contributed by atoms with Crippen molar-refractivity contribution in [2.75, 3.05) is 0 Å². The summed E-state index contributed by atoms with van der Waals surface area (Å²) in [6.07, 6.45) is 7.31. The Hall–Kier alpha value is -1.58. The van der Waals surface area contributed by atoms with E-state index in [-0.39, 0.29) is 23.0 Å². The SMILES string of the molecule is CC(=O)[C@H]1CC[C@H]2[C@@H]3CCC4=CC(=O)C(O)=C(O)[C@]4(C)[C@H]3CC[C@]12C. The summed E-state index contributed by atoms with van der Waals surface area (Å²) in [4.78, 5) is 24.1. The molecular weight excluding hydrogens is 316 g/mol. The molecule has 4 aliphatic rings. The molecule has 4 nitrogen and oxygen atoms in total. The monoisotopic (exact) mass is 344 g/mol. The fraction of sp³-hybridized carbons (Fsp3) is 0.714. The minimum Gasteiger partial charge on any atom is -0.507 e. The summed E-state index contributed by atoms with van der Waals surface area (Å²) in [5, 5.41) is 20.8. The molecule has 0 aromatic heterocycles. The first-order valence-corrected chi connectivity index (χ1v) is 9.59. The van der Waals surface area contributed by atoms with Gasteiger partial charge in [0, 0.05) is 5.92 Å². The van der Waals surface area contributed by atoms with Gasteiger partial charge in [-0.1, -0.05) is 12.5 Å². The Labute approximate surface area is 149 Å². The van der Waals surface area contributed by atoms with Gasteiger partial charge in [0.15, 0.2) is 0 Å². The van der Waals surface area contributed by atoms with Gasteiger partial charge in [0.2, 0.25) is 11.5 Å². The highest BCUT2D eigenvalue weighted by atomic mass is 16.3. The minimum atomic E-state index is -0.628. The zero-order chi connectivity index (χ0) is 18.1. The number of allylic oxidation sites excluding steroid dienone is 2. The molecule has 136 valence electrons. The number of hydrogen-bond donors (Lipinski definition) is 2. The molecule has 0 saturated heterocycles. The van der Waals surface area contributed by atoms with Gasteiger partial charge < -0.3 is 10.2 Å². The molecule has 0 heterocycles. The van der Waals surface area contributed by atoms with E-state index in [0.29, 0.717) is 17.6 Å². The van der Waals surface area contributed by atoms with Crippen LogP contribution >= 0.6 is 0 Å². The molecule has 0 unspecified atom stereocenters. The summed E-state index contributed by atoms with van der Waals surface area (Å²) in [7, 11) is 0. The predicted molar refractivity (Wildman–Crippen MR) is 93.9 cm³/mol. The van der Waals surface area contributed by atoms with Crippen molar-refractivity contribution in [3.63, 3.8) is 0 Å². The van der Waals surface area contributed by atoms with Gasteiger partial charge in [-0.15, -0.1) is 0 Å². The highest BCUT2D eigenvalue weighted by molar-refractivity contribution is 6.04. The third-order valence-electron chi connectivity index (χ3n) is 8.34. The van der Waals surface area contributed by atoms with Crippen LogP contribution in [0.2, 0.25) is 0 Å². The molecule has 3 fully saturated rings. The minimum absolute atomic E-state index is 0.0659. The van der Waals surface area contributed by atoms with Crippen LogP contribution in [-0.4, -0.2) is 21.8 Å². The molecule has 0 aromatic rings. The van der Waals surface area contributed by atoms with Crippen LogP contribution in [0.5, 0.6) is 0 Å². The van der Waals surface area contributed by atoms with Gasteiger partial charge in [-0.05, 0) is 81.6 Å². The molecule has 0 bridgehead atoms. The smallest absolute Gasteiger partial charge is 0.223 e. The van der Waals surface area contributed by atoms with Crippen LogP contribution in [0.25, 0.3) is 0 Å². The molecule has 0 aliphatic heterocycles. The predicted octanol–water partition coefficient (Wildman–Crippen LogP) is 4.27. The van der Waals surface area contributed by atoms with E-state index in [4.69, 9.17) is 0 Å². The molecule has 0 spiro atoms. The number of rotatable bonds is 1. The van der Waals surface area contributed by atoms with Crippen LogP contribution in [0.1, 0.15) is 59.3 Å². The van der Waals surface area contributed by atoms with Crippen molar-refractivity contribution >= 4 is 11.6 Å². The van der Waals surface area contributed by atoms with E-state index in [9.17, 15) is 19.8 Å². The lowest BCUT2D eigenvalue weighted by Crippen LogP contribution is -2.51. The highest BCUT2D eigenvalue weighted by Gasteiger charge is 2.61. The summed E-state index contributed by atoms with van der Waals surface area (Å²) >= 11 is 0. The van der Waals surface area contributed by atoms with Crippen LogP contribution in [0.4, 0.5) is 0 Å². The van der Waals surface area contributed by atoms with E-state index in [0.717, 1.165) is 44.1 Å². The number of aliphatic hydroxyl groups excluding tert-OH is 2. The number of Topliss-reactive ketones (excluding diaryl/α,β-unsaturated/α-hetero) is 1. The molecule has 4 aliphatic carbocycles. The van der Waals surface area contributed by atoms with Crippen LogP contribution in [0.15, 0.2) is 23.2 Å². The average Bonchev–Trinajstić information content (AvgIpc) is 2.92. The van der Waals surface area contributed by atoms with Crippen LogP contribution in [-0.2, 0) is 9.59 Å². The molecule has 6 atom stereocenters. The van der Waals surface area contributed by atoms with Gasteiger partial charge in [-0.25, -0.2) is 0 Å². The number of ketones is 2. The topological polar surface area (TPSA) is 74.6 Å². The fourth-order valence-corrected chi connectivity index (χ4v) is 7.03. The van der Waals surface area contributed by atoms with Crippen LogP contribution < -0.4 is 0 Å². The Bertz CT molecular complexity index is 717. The Morgan fingerprint density at radius 3 is 2.52 bits per heavy atom. The van der Waals surface area contributed by atoms with E-state index in [1.807, 2.05) is 6.92 Å². The molecule has 0 amide bonds. The molecular formula is C21H28O4. The average molecular weight is 344 g/mol. The number of carbonyl (C=O) groups excluding carboxylic acids is 2. The number of hydrogen-bond acceptors (Lipinski definition) is 4. The largest absolute Gasteiger partial charge is 0.507 e. The van der Waals surface area contributed by atoms with Crippen molar-refractivity contribution in [3.05, 3.63) is 23.2 Å². The first kappa shape index (κ1) is 16.9. The number of fused-ring (bicyclic) bond motifs is 5. The highest BCUT2D eigenvalue weighted by Crippen LogP contribution is 2.67. The third kappa shape index (κ3) is 2.00. The van der Waals surface area contributed by atoms with Gasteiger partial charge in [0.1, 0.15) is 11.5 Å². The van der Waals surface area contributed by atoms with Crippen molar-refractivity contribution in [2.24, 2.45) is 34.5 Å². The van der Waals surface area contributed by atoms with Crippen LogP contribution in [0.3, 0.4) is 0 Å². The van der Waals surface area contributed by atoms with Gasteiger partial charge in [0.05, 0.1) is 5.41 Å². The molecule has 0 radical (unpaired) electrons. The first-order chi connectivity index (χ1) is 11.7. The maximum Gasteiger partial charge on any atom is 0.223 e. The zero-order valence-electron chi connectivity index (χ0n) is 15.3. The third-order valence-corrected chi connectivity index (χ3v) is 8.34. The van der Waals surface area contributed by atoms with Gasteiger partial charge in [-0.2, -0.15) is 0 Å². The van der Waals surface area contributed by atoms with Crippen molar-refractivity contribution in [3.8, 4) is 0 Å². The second kappa shape index (κ2) is 5.21. The lowest BCUT2D eigenvalue weighted by atomic mass is 9.47. The molecule has 25 heavy (non-hydrogen) atoms. The summed E-state index contributed by atoms with van der Waals surface area (Å²) in [6.45, 7) is 6.01. The van der Waals surface area contributed by atoms with E-state index in [1.165, 1.54) is 0 Å². The summed E-state index contributed by atoms with van der Waals surface area (Å²) < 4.78 is 0. The normalized spacial score (nSPS) is 46.2.